The molecule has 0 aliphatic carbocycles. The Balaban J connectivity index is 2.71. The molecule has 1 aromatic rings. The number of rotatable bonds is 4. The number of hydrogen-bond donors (Lipinski definition) is 2. The lowest BCUT2D eigenvalue weighted by Crippen LogP contribution is -2.32. The maximum Gasteiger partial charge on any atom is 0.313 e. The Labute approximate surface area is 107 Å². The molecule has 0 saturated carbocycles. The van der Waals surface area contributed by atoms with Crippen LogP contribution in [0.5, 0.6) is 0 Å². The molecule has 0 fully saturated rings. The Bertz CT molecular complexity index is 411. The van der Waals surface area contributed by atoms with Gasteiger partial charge < -0.3 is 15.5 Å². The SMILES string of the molecule is CCN(CC)c1ccc(NC(=O)C(=O)NC)cc1. The zero-order valence-electron chi connectivity index (χ0n) is 11.0. The van der Waals surface area contributed by atoms with Crippen LogP contribution in [-0.2, 0) is 9.59 Å². The summed E-state index contributed by atoms with van der Waals surface area (Å²) in [5.41, 5.74) is 1.71. The first-order valence-corrected chi connectivity index (χ1v) is 6.00. The Morgan fingerprint density at radius 2 is 1.61 bits per heavy atom. The van der Waals surface area contributed by atoms with Gasteiger partial charge in [0.15, 0.2) is 0 Å². The summed E-state index contributed by atoms with van der Waals surface area (Å²) in [5, 5.41) is 4.80. The summed E-state index contributed by atoms with van der Waals surface area (Å²) < 4.78 is 0. The van der Waals surface area contributed by atoms with E-state index in [0.717, 1.165) is 18.8 Å². The van der Waals surface area contributed by atoms with Crippen molar-refractivity contribution >= 4 is 23.2 Å². The van der Waals surface area contributed by atoms with E-state index >= 15 is 0 Å². The number of likely N-dealkylation sites (N-methyl/N-ethyl adjacent to an activating group) is 1. The molecule has 98 valence electrons. The number of anilines is 2. The van der Waals surface area contributed by atoms with Crippen molar-refractivity contribution in [3.63, 3.8) is 0 Å². The van der Waals surface area contributed by atoms with E-state index in [1.807, 2.05) is 12.1 Å². The summed E-state index contributed by atoms with van der Waals surface area (Å²) >= 11 is 0. The van der Waals surface area contributed by atoms with E-state index in [9.17, 15) is 9.59 Å². The van der Waals surface area contributed by atoms with Crippen LogP contribution >= 0.6 is 0 Å². The average Bonchev–Trinajstić information content (AvgIpc) is 2.41. The van der Waals surface area contributed by atoms with Gasteiger partial charge in [-0.25, -0.2) is 0 Å². The van der Waals surface area contributed by atoms with Gasteiger partial charge in [-0.1, -0.05) is 0 Å². The Kier molecular flexibility index (Phi) is 5.17. The van der Waals surface area contributed by atoms with Gasteiger partial charge in [-0.05, 0) is 38.1 Å². The highest BCUT2D eigenvalue weighted by atomic mass is 16.2. The van der Waals surface area contributed by atoms with Crippen LogP contribution in [0.1, 0.15) is 13.8 Å². The van der Waals surface area contributed by atoms with Gasteiger partial charge in [0.25, 0.3) is 0 Å². The first kappa shape index (κ1) is 14.0. The highest BCUT2D eigenvalue weighted by molar-refractivity contribution is 6.39. The molecule has 0 saturated heterocycles. The smallest absolute Gasteiger partial charge is 0.313 e. The molecule has 0 heterocycles. The van der Waals surface area contributed by atoms with Gasteiger partial charge >= 0.3 is 11.8 Å². The number of benzene rings is 1. The minimum atomic E-state index is -0.659. The molecule has 2 N–H and O–H groups in total. The summed E-state index contributed by atoms with van der Waals surface area (Å²) in [6.07, 6.45) is 0. The van der Waals surface area contributed by atoms with Crippen LogP contribution in [0.15, 0.2) is 24.3 Å². The molecule has 5 heteroatoms. The molecule has 0 atom stereocenters. The monoisotopic (exact) mass is 249 g/mol. The van der Waals surface area contributed by atoms with E-state index < -0.39 is 11.8 Å². The summed E-state index contributed by atoms with van der Waals surface area (Å²) in [6, 6.07) is 7.42. The average molecular weight is 249 g/mol. The fourth-order valence-corrected chi connectivity index (χ4v) is 1.65. The van der Waals surface area contributed by atoms with Crippen molar-refractivity contribution in [2.75, 3.05) is 30.4 Å². The van der Waals surface area contributed by atoms with Gasteiger partial charge in [-0.3, -0.25) is 9.59 Å². The number of amides is 2. The normalized spacial score (nSPS) is 9.72. The molecular weight excluding hydrogens is 230 g/mol. The van der Waals surface area contributed by atoms with Crippen LogP contribution in [0.25, 0.3) is 0 Å². The van der Waals surface area contributed by atoms with Crippen LogP contribution in [0.4, 0.5) is 11.4 Å². The Hall–Kier alpha value is -2.04. The van der Waals surface area contributed by atoms with E-state index in [0.29, 0.717) is 5.69 Å². The van der Waals surface area contributed by atoms with Crippen molar-refractivity contribution in [1.82, 2.24) is 5.32 Å². The molecule has 1 rings (SSSR count). The van der Waals surface area contributed by atoms with Gasteiger partial charge in [0.05, 0.1) is 0 Å². The lowest BCUT2D eigenvalue weighted by molar-refractivity contribution is -0.135. The zero-order chi connectivity index (χ0) is 13.5. The van der Waals surface area contributed by atoms with Gasteiger partial charge in [0.1, 0.15) is 0 Å². The third kappa shape index (κ3) is 3.48. The fraction of sp³-hybridized carbons (Fsp3) is 0.385. The molecule has 5 nitrogen and oxygen atoms in total. The van der Waals surface area contributed by atoms with Crippen molar-refractivity contribution in [2.24, 2.45) is 0 Å². The third-order valence-corrected chi connectivity index (χ3v) is 2.69. The third-order valence-electron chi connectivity index (χ3n) is 2.69. The first-order chi connectivity index (χ1) is 8.62. The van der Waals surface area contributed by atoms with Crippen molar-refractivity contribution in [2.45, 2.75) is 13.8 Å². The molecule has 0 aliphatic heterocycles. The lowest BCUT2D eigenvalue weighted by Gasteiger charge is -2.21. The maximum absolute atomic E-state index is 11.3. The topological polar surface area (TPSA) is 61.4 Å². The summed E-state index contributed by atoms with van der Waals surface area (Å²) in [5.74, 6) is -1.31. The molecular formula is C13H19N3O2. The Morgan fingerprint density at radius 3 is 2.06 bits per heavy atom. The number of nitrogens with zero attached hydrogens (tertiary/aromatic N) is 1. The quantitative estimate of drug-likeness (QED) is 0.789. The largest absolute Gasteiger partial charge is 0.372 e. The highest BCUT2D eigenvalue weighted by Gasteiger charge is 2.11. The predicted octanol–water partition coefficient (Wildman–Crippen LogP) is 1.22. The van der Waals surface area contributed by atoms with Crippen LogP contribution in [-0.4, -0.2) is 32.0 Å². The standard InChI is InChI=1S/C13H19N3O2/c1-4-16(5-2)11-8-6-10(7-9-11)15-13(18)12(17)14-3/h6-9H,4-5H2,1-3H3,(H,14,17)(H,15,18). The second-order valence-corrected chi connectivity index (χ2v) is 3.75. The molecule has 0 aliphatic rings. The molecule has 0 aromatic heterocycles. The lowest BCUT2D eigenvalue weighted by atomic mass is 10.2. The minimum Gasteiger partial charge on any atom is -0.372 e. The van der Waals surface area contributed by atoms with Gasteiger partial charge in [0, 0.05) is 31.5 Å². The van der Waals surface area contributed by atoms with Crippen molar-refractivity contribution in [1.29, 1.82) is 0 Å². The molecule has 0 bridgehead atoms. The number of nitrogens with one attached hydrogen (secondary N) is 2. The zero-order valence-corrected chi connectivity index (χ0v) is 11.0. The molecule has 18 heavy (non-hydrogen) atoms. The molecule has 2 amide bonds. The van der Waals surface area contributed by atoms with Gasteiger partial charge in [-0.15, -0.1) is 0 Å². The number of carbonyl (C=O) groups excluding carboxylic acids is 2. The molecule has 1 aromatic carbocycles. The molecule has 0 spiro atoms. The van der Waals surface area contributed by atoms with Crippen molar-refractivity contribution < 1.29 is 9.59 Å². The van der Waals surface area contributed by atoms with E-state index in [1.54, 1.807) is 12.1 Å². The predicted molar refractivity (Wildman–Crippen MR) is 72.7 cm³/mol. The summed E-state index contributed by atoms with van der Waals surface area (Å²) in [6.45, 7) is 6.04. The van der Waals surface area contributed by atoms with Gasteiger partial charge in [0.2, 0.25) is 0 Å². The maximum atomic E-state index is 11.3. The van der Waals surface area contributed by atoms with Crippen LogP contribution in [0.3, 0.4) is 0 Å². The first-order valence-electron chi connectivity index (χ1n) is 6.00. The van der Waals surface area contributed by atoms with Crippen molar-refractivity contribution in [3.05, 3.63) is 24.3 Å². The number of carbonyl (C=O) groups is 2. The number of hydrogen-bond acceptors (Lipinski definition) is 3. The minimum absolute atomic E-state index is 0.611. The second kappa shape index (κ2) is 6.64. The highest BCUT2D eigenvalue weighted by Crippen LogP contribution is 2.17. The van der Waals surface area contributed by atoms with Crippen LogP contribution in [0.2, 0.25) is 0 Å². The van der Waals surface area contributed by atoms with E-state index in [4.69, 9.17) is 0 Å². The summed E-state index contributed by atoms with van der Waals surface area (Å²) in [7, 11) is 1.42. The van der Waals surface area contributed by atoms with Gasteiger partial charge in [-0.2, -0.15) is 0 Å². The fourth-order valence-electron chi connectivity index (χ4n) is 1.65. The van der Waals surface area contributed by atoms with E-state index in [-0.39, 0.29) is 0 Å². The summed E-state index contributed by atoms with van der Waals surface area (Å²) in [4.78, 5) is 24.6. The van der Waals surface area contributed by atoms with Crippen molar-refractivity contribution in [3.8, 4) is 0 Å². The Morgan fingerprint density at radius 1 is 1.06 bits per heavy atom. The second-order valence-electron chi connectivity index (χ2n) is 3.75. The van der Waals surface area contributed by atoms with Crippen LogP contribution < -0.4 is 15.5 Å². The van der Waals surface area contributed by atoms with E-state index in [1.165, 1.54) is 7.05 Å². The molecule has 0 radical (unpaired) electrons. The van der Waals surface area contributed by atoms with Crippen LogP contribution in [0, 0.1) is 0 Å². The van der Waals surface area contributed by atoms with E-state index in [2.05, 4.69) is 29.4 Å². The molecule has 0 unspecified atom stereocenters.